The molecule has 3 aliphatic heterocycles. The number of rotatable bonds is 8. The number of aromatic nitrogens is 1. The number of H-pyrrole nitrogens is 1. The van der Waals surface area contributed by atoms with E-state index in [0.29, 0.717) is 50.5 Å². The topological polar surface area (TPSA) is 183 Å². The molecule has 1 saturated carbocycles. The fourth-order valence-corrected chi connectivity index (χ4v) is 10.8. The van der Waals surface area contributed by atoms with Crippen molar-refractivity contribution in [2.24, 2.45) is 29.6 Å². The predicted molar refractivity (Wildman–Crippen MR) is 245 cm³/mol. The van der Waals surface area contributed by atoms with E-state index in [4.69, 9.17) is 28.4 Å². The van der Waals surface area contributed by atoms with Gasteiger partial charge in [-0.15, -0.1) is 0 Å². The van der Waals surface area contributed by atoms with Gasteiger partial charge in [-0.3, -0.25) is 14.4 Å². The summed E-state index contributed by atoms with van der Waals surface area (Å²) in [6.07, 6.45) is 6.54. The number of methoxy groups -OCH3 is 3. The van der Waals surface area contributed by atoms with E-state index in [-0.39, 0.29) is 55.6 Å². The normalized spacial score (nSPS) is 37.5. The van der Waals surface area contributed by atoms with Crippen LogP contribution >= 0.6 is 0 Å². The van der Waals surface area contributed by atoms with Crippen molar-refractivity contribution in [1.29, 1.82) is 0 Å². The molecule has 6 rings (SSSR count). The third-order valence-electron chi connectivity index (χ3n) is 14.7. The van der Waals surface area contributed by atoms with Gasteiger partial charge in [0, 0.05) is 69.1 Å². The second kappa shape index (κ2) is 22.3. The minimum Gasteiger partial charge on any atom is -0.488 e. The fourth-order valence-electron chi connectivity index (χ4n) is 10.8. The SMILES string of the molecule is CC[C@@H]1/C=C(/C)C[C@H](C)C[C@H](OC)[C@H]2O[C@@](O)(C(=O)C(=O)N3CCCC[C@H]3C(=O)O[C@H](/C(C)=C/[C@@H]3CC[C@@H](Oc4ccc5[nH]ccc5c4)[C@H](OC)C3)[C@H](C)[C@@H](O)CC1=O)[C@H](C)C[C@@H]2OC. The molecule has 1 aromatic heterocycles. The van der Waals surface area contributed by atoms with Crippen LogP contribution in [0.1, 0.15) is 112 Å². The Balaban J connectivity index is 1.30. The molecule has 2 saturated heterocycles. The molecule has 4 aliphatic rings. The van der Waals surface area contributed by atoms with Crippen LogP contribution in [0.2, 0.25) is 0 Å². The monoisotopic (exact) mass is 907 g/mol. The van der Waals surface area contributed by atoms with Gasteiger partial charge in [-0.1, -0.05) is 45.4 Å². The van der Waals surface area contributed by atoms with Crippen LogP contribution in [0.4, 0.5) is 0 Å². The minimum absolute atomic E-state index is 0.0181. The number of hydrogen-bond acceptors (Lipinski definition) is 12. The molecule has 14 nitrogen and oxygen atoms in total. The van der Waals surface area contributed by atoms with Crippen molar-refractivity contribution in [1.82, 2.24) is 9.88 Å². The van der Waals surface area contributed by atoms with E-state index in [2.05, 4.69) is 18.0 Å². The Bertz CT molecular complexity index is 2030. The highest BCUT2D eigenvalue weighted by Gasteiger charge is 2.56. The van der Waals surface area contributed by atoms with Crippen LogP contribution in [0.5, 0.6) is 5.75 Å². The molecular weight excluding hydrogens is 833 g/mol. The average molecular weight is 907 g/mol. The number of nitrogens with one attached hydrogen (secondary N) is 1. The molecule has 360 valence electrons. The Morgan fingerprint density at radius 3 is 2.35 bits per heavy atom. The largest absolute Gasteiger partial charge is 0.488 e. The van der Waals surface area contributed by atoms with Crippen LogP contribution < -0.4 is 4.74 Å². The van der Waals surface area contributed by atoms with Gasteiger partial charge in [0.2, 0.25) is 5.79 Å². The standard InChI is InChI=1S/C51H74N2O12/c1-10-35-22-29(2)21-30(3)23-44(61-8)47-45(62-9)25-32(5)51(59,65-47)48(56)49(57)53-20-12-11-13-39(53)50(58)64-46(33(6)40(54)28-41(35)55)31(4)24-34-14-17-42(43(26-34)60-7)63-37-15-16-38-36(27-37)18-19-52-38/h15-16,18-19,22,24,27,30,32-35,39-40,42-47,52,54,59H,10-14,17,20-21,23,25-26,28H2,1-9H3/b29-22-,31-24+/t30-,32+,33+,34-,35+,39-,40-,42+,43+,44-,45-,46+,47+,51+/m0/s1. The third-order valence-corrected chi connectivity index (χ3v) is 14.7. The lowest BCUT2D eigenvalue weighted by Gasteiger charge is -2.47. The van der Waals surface area contributed by atoms with Gasteiger partial charge in [0.1, 0.15) is 35.9 Å². The van der Waals surface area contributed by atoms with Gasteiger partial charge >= 0.3 is 5.97 Å². The second-order valence-electron chi connectivity index (χ2n) is 19.5. The number of hydrogen-bond donors (Lipinski definition) is 3. The van der Waals surface area contributed by atoms with E-state index in [1.165, 1.54) is 19.1 Å². The number of cyclic esters (lactones) is 1. The molecule has 14 atom stereocenters. The summed E-state index contributed by atoms with van der Waals surface area (Å²) in [6.45, 7) is 11.4. The molecule has 2 aromatic rings. The first-order chi connectivity index (χ1) is 31.0. The summed E-state index contributed by atoms with van der Waals surface area (Å²) >= 11 is 0. The highest BCUT2D eigenvalue weighted by Crippen LogP contribution is 2.40. The lowest BCUT2D eigenvalue weighted by Crippen LogP contribution is -2.64. The van der Waals surface area contributed by atoms with Crippen molar-refractivity contribution in [3.8, 4) is 5.75 Å². The van der Waals surface area contributed by atoms with Crippen LogP contribution in [0, 0.1) is 29.6 Å². The van der Waals surface area contributed by atoms with Gasteiger partial charge in [0.15, 0.2) is 0 Å². The maximum absolute atomic E-state index is 14.5. The number of ketones is 2. The van der Waals surface area contributed by atoms with Crippen molar-refractivity contribution in [3.05, 3.63) is 53.8 Å². The third kappa shape index (κ3) is 11.6. The lowest BCUT2D eigenvalue weighted by molar-refractivity contribution is -0.302. The van der Waals surface area contributed by atoms with E-state index in [0.717, 1.165) is 28.6 Å². The average Bonchev–Trinajstić information content (AvgIpc) is 3.77. The number of fused-ring (bicyclic) bond motifs is 4. The Hall–Kier alpha value is -3.92. The van der Waals surface area contributed by atoms with Crippen LogP contribution in [0.25, 0.3) is 10.9 Å². The van der Waals surface area contributed by atoms with Gasteiger partial charge in [-0.05, 0) is 120 Å². The van der Waals surface area contributed by atoms with Crippen LogP contribution in [0.3, 0.4) is 0 Å². The number of aromatic amines is 1. The number of piperidine rings is 1. The molecule has 3 N–H and O–H groups in total. The van der Waals surface area contributed by atoms with E-state index in [1.54, 1.807) is 21.0 Å². The number of amides is 1. The molecule has 2 bridgehead atoms. The molecule has 1 aliphatic carbocycles. The Labute approximate surface area is 384 Å². The molecule has 65 heavy (non-hydrogen) atoms. The van der Waals surface area contributed by atoms with Crippen LogP contribution in [-0.2, 0) is 42.9 Å². The number of benzene rings is 1. The quantitative estimate of drug-likeness (QED) is 0.140. The summed E-state index contributed by atoms with van der Waals surface area (Å²) in [5.41, 5.74) is 2.72. The van der Waals surface area contributed by atoms with Gasteiger partial charge < -0.3 is 48.5 Å². The first-order valence-electron chi connectivity index (χ1n) is 23.9. The zero-order chi connectivity index (χ0) is 47.2. The zero-order valence-electron chi connectivity index (χ0n) is 40.0. The highest BCUT2D eigenvalue weighted by molar-refractivity contribution is 6.39. The van der Waals surface area contributed by atoms with Crippen molar-refractivity contribution in [3.63, 3.8) is 0 Å². The van der Waals surface area contributed by atoms with Crippen LogP contribution in [0.15, 0.2) is 53.8 Å². The predicted octanol–water partition coefficient (Wildman–Crippen LogP) is 7.04. The van der Waals surface area contributed by atoms with Gasteiger partial charge in [-0.2, -0.15) is 0 Å². The molecule has 0 radical (unpaired) electrons. The van der Waals surface area contributed by atoms with Crippen molar-refractivity contribution >= 4 is 34.3 Å². The van der Waals surface area contributed by atoms with E-state index >= 15 is 0 Å². The lowest BCUT2D eigenvalue weighted by atomic mass is 9.81. The first kappa shape index (κ1) is 50.5. The molecule has 0 unspecified atom stereocenters. The number of carbonyl (C=O) groups is 4. The summed E-state index contributed by atoms with van der Waals surface area (Å²) < 4.78 is 36.9. The number of nitrogens with zero attached hydrogens (tertiary/aromatic N) is 1. The molecule has 14 heteroatoms. The maximum atomic E-state index is 14.5. The van der Waals surface area contributed by atoms with E-state index in [1.807, 2.05) is 57.3 Å². The highest BCUT2D eigenvalue weighted by atomic mass is 16.7. The van der Waals surface area contributed by atoms with Crippen LogP contribution in [-0.4, -0.2) is 126 Å². The first-order valence-corrected chi connectivity index (χ1v) is 23.9. The Morgan fingerprint density at radius 1 is 0.923 bits per heavy atom. The Morgan fingerprint density at radius 2 is 1.65 bits per heavy atom. The number of allylic oxidation sites excluding steroid dienone is 3. The molecule has 1 aromatic carbocycles. The smallest absolute Gasteiger partial charge is 0.329 e. The van der Waals surface area contributed by atoms with Crippen molar-refractivity contribution in [2.75, 3.05) is 27.9 Å². The second-order valence-corrected chi connectivity index (χ2v) is 19.5. The number of aliphatic hydroxyl groups excluding tert-OH is 1. The minimum atomic E-state index is -2.51. The van der Waals surface area contributed by atoms with Crippen molar-refractivity contribution in [2.45, 2.75) is 167 Å². The number of carbonyl (C=O) groups excluding carboxylic acids is 4. The van der Waals surface area contributed by atoms with Gasteiger partial charge in [-0.25, -0.2) is 4.79 Å². The van der Waals surface area contributed by atoms with Gasteiger partial charge in [0.05, 0.1) is 24.4 Å². The maximum Gasteiger partial charge on any atom is 0.329 e. The number of Topliss-reactive ketones (excluding diaryl/α,β-unsaturated/α-hetero) is 2. The number of ether oxygens (including phenoxy) is 6. The summed E-state index contributed by atoms with van der Waals surface area (Å²) in [4.78, 5) is 61.6. The molecule has 4 heterocycles. The molecule has 3 fully saturated rings. The summed E-state index contributed by atoms with van der Waals surface area (Å²) in [6, 6.07) is 6.82. The summed E-state index contributed by atoms with van der Waals surface area (Å²) in [5.74, 6) is -6.72. The number of esters is 1. The van der Waals surface area contributed by atoms with Gasteiger partial charge in [0.25, 0.3) is 11.7 Å². The molecule has 0 spiro atoms. The molecular formula is C51H74N2O12. The summed E-state index contributed by atoms with van der Waals surface area (Å²) in [5, 5.41) is 25.0. The van der Waals surface area contributed by atoms with Crippen molar-refractivity contribution < 1.29 is 57.8 Å². The Kier molecular flexibility index (Phi) is 17.3. The summed E-state index contributed by atoms with van der Waals surface area (Å²) in [7, 11) is 4.76. The number of aliphatic hydroxyl groups is 2. The fraction of sp³-hybridized carbons (Fsp3) is 0.686. The zero-order valence-corrected chi connectivity index (χ0v) is 40.0. The van der Waals surface area contributed by atoms with E-state index < -0.39 is 77.8 Å². The molecule has 1 amide bonds. The van der Waals surface area contributed by atoms with E-state index in [9.17, 15) is 29.4 Å².